The molecule has 2 aliphatic heterocycles. The van der Waals surface area contributed by atoms with E-state index in [-0.39, 0.29) is 0 Å². The zero-order chi connectivity index (χ0) is 18.2. The Morgan fingerprint density at radius 1 is 1.27 bits per heavy atom. The molecule has 6 nitrogen and oxygen atoms in total. The molecular weight excluding hydrogens is 350 g/mol. The van der Waals surface area contributed by atoms with Crippen LogP contribution >= 0.6 is 11.3 Å². The molecule has 0 aliphatic carbocycles. The topological polar surface area (TPSA) is 78.7 Å². The molecule has 26 heavy (non-hydrogen) atoms. The van der Waals surface area contributed by atoms with Gasteiger partial charge >= 0.3 is 0 Å². The van der Waals surface area contributed by atoms with Crippen molar-refractivity contribution in [3.8, 4) is 10.7 Å². The van der Waals surface area contributed by atoms with Crippen LogP contribution in [-0.2, 0) is 11.3 Å². The molecule has 2 fully saturated rings. The molecule has 0 amide bonds. The number of nitrogens with zero attached hydrogens (tertiary/aromatic N) is 3. The number of ether oxygens (including phenoxy) is 1. The summed E-state index contributed by atoms with van der Waals surface area (Å²) in [5.74, 6) is 0.766. The molecule has 2 aromatic rings. The predicted molar refractivity (Wildman–Crippen MR) is 99.8 cm³/mol. The molecule has 2 N–H and O–H groups in total. The van der Waals surface area contributed by atoms with Crippen LogP contribution < -0.4 is 0 Å². The van der Waals surface area contributed by atoms with Crippen molar-refractivity contribution in [1.82, 2.24) is 14.9 Å². The van der Waals surface area contributed by atoms with E-state index in [0.717, 1.165) is 48.7 Å². The SMILES string of the molecule is C[C@@]1(O)CCOC2(CCN(Cc3cnc(-c4cccs4)nc3)CC2)[C@H]1O. The van der Waals surface area contributed by atoms with Gasteiger partial charge in [0.05, 0.1) is 22.7 Å². The Morgan fingerprint density at radius 3 is 2.65 bits per heavy atom. The van der Waals surface area contributed by atoms with Crippen molar-refractivity contribution in [2.45, 2.75) is 50.0 Å². The fraction of sp³-hybridized carbons (Fsp3) is 0.579. The summed E-state index contributed by atoms with van der Waals surface area (Å²) >= 11 is 1.64. The van der Waals surface area contributed by atoms with Crippen molar-refractivity contribution in [3.63, 3.8) is 0 Å². The summed E-state index contributed by atoms with van der Waals surface area (Å²) in [6.45, 7) is 4.63. The zero-order valence-electron chi connectivity index (χ0n) is 15.0. The molecule has 0 radical (unpaired) electrons. The van der Waals surface area contributed by atoms with Crippen LogP contribution in [0.1, 0.15) is 31.7 Å². The van der Waals surface area contributed by atoms with Crippen LogP contribution in [0.5, 0.6) is 0 Å². The molecule has 0 unspecified atom stereocenters. The van der Waals surface area contributed by atoms with Gasteiger partial charge in [0.15, 0.2) is 5.82 Å². The second-order valence-corrected chi connectivity index (χ2v) is 8.54. The molecule has 1 spiro atoms. The summed E-state index contributed by atoms with van der Waals surface area (Å²) in [6.07, 6.45) is 4.87. The fourth-order valence-corrected chi connectivity index (χ4v) is 4.65. The lowest BCUT2D eigenvalue weighted by molar-refractivity contribution is -0.246. The highest BCUT2D eigenvalue weighted by molar-refractivity contribution is 7.13. The van der Waals surface area contributed by atoms with Crippen LogP contribution in [0.15, 0.2) is 29.9 Å². The van der Waals surface area contributed by atoms with Gasteiger partial charge in [-0.2, -0.15) is 0 Å². The van der Waals surface area contributed by atoms with E-state index in [2.05, 4.69) is 14.9 Å². The third-order valence-corrected chi connectivity index (χ3v) is 6.51. The number of aromatic nitrogens is 2. The Labute approximate surface area is 157 Å². The van der Waals surface area contributed by atoms with E-state index in [1.165, 1.54) is 0 Å². The highest BCUT2D eigenvalue weighted by Gasteiger charge is 2.52. The summed E-state index contributed by atoms with van der Waals surface area (Å²) in [6, 6.07) is 4.02. The maximum Gasteiger partial charge on any atom is 0.169 e. The number of hydrogen-bond acceptors (Lipinski definition) is 7. The Bertz CT molecular complexity index is 725. The quantitative estimate of drug-likeness (QED) is 0.855. The van der Waals surface area contributed by atoms with Crippen LogP contribution in [0.3, 0.4) is 0 Å². The van der Waals surface area contributed by atoms with Gasteiger partial charge in [-0.1, -0.05) is 6.07 Å². The number of rotatable bonds is 3. The van der Waals surface area contributed by atoms with E-state index in [1.807, 2.05) is 29.9 Å². The first-order chi connectivity index (χ1) is 12.5. The van der Waals surface area contributed by atoms with Gasteiger partial charge in [-0.15, -0.1) is 11.3 Å². The smallest absolute Gasteiger partial charge is 0.169 e. The Balaban J connectivity index is 1.37. The van der Waals surface area contributed by atoms with Crippen molar-refractivity contribution >= 4 is 11.3 Å². The number of thiophene rings is 1. The Morgan fingerprint density at radius 2 is 2.00 bits per heavy atom. The Hall–Kier alpha value is -1.38. The number of aliphatic hydroxyl groups excluding tert-OH is 1. The molecule has 7 heteroatoms. The molecular formula is C19H25N3O3S. The monoisotopic (exact) mass is 375 g/mol. The zero-order valence-corrected chi connectivity index (χ0v) is 15.8. The van der Waals surface area contributed by atoms with Gasteiger partial charge in [-0.3, -0.25) is 4.90 Å². The number of likely N-dealkylation sites (tertiary alicyclic amines) is 1. The van der Waals surface area contributed by atoms with E-state index in [0.29, 0.717) is 13.0 Å². The molecule has 2 aromatic heterocycles. The summed E-state index contributed by atoms with van der Waals surface area (Å²) in [4.78, 5) is 12.4. The van der Waals surface area contributed by atoms with Crippen molar-refractivity contribution < 1.29 is 14.9 Å². The van der Waals surface area contributed by atoms with Crippen molar-refractivity contribution in [3.05, 3.63) is 35.5 Å². The normalized spacial score (nSPS) is 29.1. The molecule has 2 atom stereocenters. The second-order valence-electron chi connectivity index (χ2n) is 7.59. The summed E-state index contributed by atoms with van der Waals surface area (Å²) in [5, 5.41) is 23.0. The number of hydrogen-bond donors (Lipinski definition) is 2. The van der Waals surface area contributed by atoms with Crippen molar-refractivity contribution in [2.24, 2.45) is 0 Å². The highest BCUT2D eigenvalue weighted by atomic mass is 32.1. The summed E-state index contributed by atoms with van der Waals surface area (Å²) in [7, 11) is 0. The summed E-state index contributed by atoms with van der Waals surface area (Å²) in [5.41, 5.74) is -0.595. The van der Waals surface area contributed by atoms with E-state index in [1.54, 1.807) is 18.3 Å². The predicted octanol–water partition coefficient (Wildman–Crippen LogP) is 2.07. The van der Waals surface area contributed by atoms with Crippen LogP contribution in [0.25, 0.3) is 10.7 Å². The van der Waals surface area contributed by atoms with Crippen molar-refractivity contribution in [1.29, 1.82) is 0 Å². The van der Waals surface area contributed by atoms with E-state index >= 15 is 0 Å². The van der Waals surface area contributed by atoms with Gasteiger partial charge in [0.1, 0.15) is 6.10 Å². The minimum atomic E-state index is -1.06. The first kappa shape index (κ1) is 18.0. The lowest BCUT2D eigenvalue weighted by Gasteiger charge is -2.51. The molecule has 2 aliphatic rings. The molecule has 140 valence electrons. The third kappa shape index (κ3) is 3.42. The molecule has 0 aromatic carbocycles. The van der Waals surface area contributed by atoms with E-state index < -0.39 is 17.3 Å². The van der Waals surface area contributed by atoms with E-state index in [9.17, 15) is 10.2 Å². The number of piperidine rings is 1. The molecule has 4 rings (SSSR count). The van der Waals surface area contributed by atoms with Crippen molar-refractivity contribution in [2.75, 3.05) is 19.7 Å². The first-order valence-electron chi connectivity index (χ1n) is 9.10. The van der Waals surface area contributed by atoms with Gasteiger partial charge in [0.25, 0.3) is 0 Å². The standard InChI is InChI=1S/C19H25N3O3S/c1-18(24)6-9-25-19(17(18)23)4-7-22(8-5-19)13-14-11-20-16(21-12-14)15-3-2-10-26-15/h2-3,10-12,17,23-24H,4-9,13H2,1H3/t17-,18+/m0/s1. The van der Waals surface area contributed by atoms with Crippen LogP contribution in [0.4, 0.5) is 0 Å². The van der Waals surface area contributed by atoms with Crippen LogP contribution in [0, 0.1) is 0 Å². The van der Waals surface area contributed by atoms with Gasteiger partial charge in [0.2, 0.25) is 0 Å². The first-order valence-corrected chi connectivity index (χ1v) is 9.98. The second kappa shape index (κ2) is 6.98. The van der Waals surface area contributed by atoms with Gasteiger partial charge in [-0.25, -0.2) is 9.97 Å². The van der Waals surface area contributed by atoms with Crippen LogP contribution in [0.2, 0.25) is 0 Å². The third-order valence-electron chi connectivity index (χ3n) is 5.64. The summed E-state index contributed by atoms with van der Waals surface area (Å²) < 4.78 is 5.95. The maximum absolute atomic E-state index is 10.6. The van der Waals surface area contributed by atoms with Crippen LogP contribution in [-0.4, -0.2) is 62.1 Å². The minimum Gasteiger partial charge on any atom is -0.387 e. The average molecular weight is 375 g/mol. The number of aliphatic hydroxyl groups is 2. The molecule has 2 saturated heterocycles. The maximum atomic E-state index is 10.6. The molecule has 0 saturated carbocycles. The fourth-order valence-electron chi connectivity index (χ4n) is 3.98. The minimum absolute atomic E-state index is 0.480. The average Bonchev–Trinajstić information content (AvgIpc) is 3.17. The Kier molecular flexibility index (Phi) is 4.83. The molecule has 4 heterocycles. The van der Waals surface area contributed by atoms with Gasteiger partial charge in [-0.05, 0) is 31.2 Å². The molecule has 0 bridgehead atoms. The van der Waals surface area contributed by atoms with Gasteiger partial charge in [0, 0.05) is 44.0 Å². The lowest BCUT2D eigenvalue weighted by atomic mass is 9.75. The van der Waals surface area contributed by atoms with Gasteiger partial charge < -0.3 is 14.9 Å². The highest BCUT2D eigenvalue weighted by Crippen LogP contribution is 2.39. The van der Waals surface area contributed by atoms with E-state index in [4.69, 9.17) is 4.74 Å². The largest absolute Gasteiger partial charge is 0.387 e. The lowest BCUT2D eigenvalue weighted by Crippen LogP contribution is -2.64.